The molecule has 0 saturated carbocycles. The second-order valence-corrected chi connectivity index (χ2v) is 8.09. The lowest BCUT2D eigenvalue weighted by molar-refractivity contribution is 0.798. The predicted molar refractivity (Wildman–Crippen MR) is 123 cm³/mol. The molecular formula is C23H18ClN5S. The number of azo groups is 1. The molecule has 7 heteroatoms. The molecule has 0 bridgehead atoms. The SMILES string of the molecule is N#CCCN(Cc1ccccc1)c1ccc(N=Nc2nc3ccc(Cl)cc3s2)cc1. The van der Waals surface area contributed by atoms with Gasteiger partial charge in [-0.3, -0.25) is 0 Å². The van der Waals surface area contributed by atoms with E-state index in [2.05, 4.69) is 38.3 Å². The molecule has 0 atom stereocenters. The third-order valence-corrected chi connectivity index (χ3v) is 5.65. The van der Waals surface area contributed by atoms with Gasteiger partial charge in [-0.15, -0.1) is 10.2 Å². The third kappa shape index (κ3) is 5.01. The molecule has 1 heterocycles. The number of hydrogen-bond donors (Lipinski definition) is 0. The van der Waals surface area contributed by atoms with Crippen LogP contribution in [0.3, 0.4) is 0 Å². The third-order valence-electron chi connectivity index (χ3n) is 4.51. The number of hydrogen-bond acceptors (Lipinski definition) is 6. The fraction of sp³-hybridized carbons (Fsp3) is 0.130. The molecule has 148 valence electrons. The minimum Gasteiger partial charge on any atom is -0.366 e. The van der Waals surface area contributed by atoms with Crippen LogP contribution in [0.5, 0.6) is 0 Å². The molecule has 0 radical (unpaired) electrons. The summed E-state index contributed by atoms with van der Waals surface area (Å²) in [6.07, 6.45) is 0.468. The highest BCUT2D eigenvalue weighted by molar-refractivity contribution is 7.21. The van der Waals surface area contributed by atoms with Crippen molar-refractivity contribution in [3.63, 3.8) is 0 Å². The van der Waals surface area contributed by atoms with Crippen LogP contribution in [0.1, 0.15) is 12.0 Å². The molecule has 0 spiro atoms. The van der Waals surface area contributed by atoms with E-state index in [4.69, 9.17) is 16.9 Å². The van der Waals surface area contributed by atoms with Gasteiger partial charge in [0.25, 0.3) is 0 Å². The second kappa shape index (κ2) is 9.49. The highest BCUT2D eigenvalue weighted by Gasteiger charge is 2.08. The largest absolute Gasteiger partial charge is 0.366 e. The van der Waals surface area contributed by atoms with E-state index in [9.17, 15) is 0 Å². The average Bonchev–Trinajstić information content (AvgIpc) is 3.18. The molecule has 0 aliphatic carbocycles. The van der Waals surface area contributed by atoms with Gasteiger partial charge in [-0.2, -0.15) is 5.26 Å². The van der Waals surface area contributed by atoms with E-state index in [1.165, 1.54) is 16.9 Å². The summed E-state index contributed by atoms with van der Waals surface area (Å²) in [6, 6.07) is 25.9. The zero-order chi connectivity index (χ0) is 20.8. The maximum atomic E-state index is 9.00. The van der Waals surface area contributed by atoms with Crippen molar-refractivity contribution in [1.82, 2.24) is 4.98 Å². The quantitative estimate of drug-likeness (QED) is 0.288. The summed E-state index contributed by atoms with van der Waals surface area (Å²) in [5.41, 5.74) is 3.86. The van der Waals surface area contributed by atoms with Gasteiger partial charge in [0.15, 0.2) is 0 Å². The smallest absolute Gasteiger partial charge is 0.231 e. The Morgan fingerprint density at radius 3 is 2.57 bits per heavy atom. The summed E-state index contributed by atoms with van der Waals surface area (Å²) in [4.78, 5) is 6.65. The monoisotopic (exact) mass is 431 g/mol. The minimum absolute atomic E-state index is 0.468. The molecule has 0 fully saturated rings. The van der Waals surface area contributed by atoms with Crippen molar-refractivity contribution in [1.29, 1.82) is 5.26 Å². The van der Waals surface area contributed by atoms with Crippen LogP contribution in [0.25, 0.3) is 10.2 Å². The Balaban J connectivity index is 1.49. The maximum absolute atomic E-state index is 9.00. The Bertz CT molecular complexity index is 1200. The number of thiazole rings is 1. The van der Waals surface area contributed by atoms with Gasteiger partial charge in [0, 0.05) is 23.8 Å². The summed E-state index contributed by atoms with van der Waals surface area (Å²) in [5, 5.41) is 18.9. The number of rotatable bonds is 7. The van der Waals surface area contributed by atoms with Gasteiger partial charge in [-0.05, 0) is 48.0 Å². The molecule has 0 unspecified atom stereocenters. The fourth-order valence-corrected chi connectivity index (χ4v) is 4.11. The Hall–Kier alpha value is -3.27. The lowest BCUT2D eigenvalue weighted by Gasteiger charge is -2.24. The second-order valence-electron chi connectivity index (χ2n) is 6.64. The Morgan fingerprint density at radius 2 is 1.80 bits per heavy atom. The molecule has 3 aromatic carbocycles. The van der Waals surface area contributed by atoms with E-state index < -0.39 is 0 Å². The maximum Gasteiger partial charge on any atom is 0.231 e. The number of nitriles is 1. The van der Waals surface area contributed by atoms with E-state index in [0.717, 1.165) is 28.1 Å². The Kier molecular flexibility index (Phi) is 6.33. The summed E-state index contributed by atoms with van der Waals surface area (Å²) in [5.74, 6) is 0. The van der Waals surface area contributed by atoms with Crippen molar-refractivity contribution in [3.05, 3.63) is 83.4 Å². The van der Waals surface area contributed by atoms with Gasteiger partial charge in [-0.1, -0.05) is 53.3 Å². The summed E-state index contributed by atoms with van der Waals surface area (Å²) < 4.78 is 0.987. The van der Waals surface area contributed by atoms with Crippen molar-refractivity contribution in [2.45, 2.75) is 13.0 Å². The van der Waals surface area contributed by atoms with E-state index in [-0.39, 0.29) is 0 Å². The van der Waals surface area contributed by atoms with Crippen LogP contribution in [-0.2, 0) is 6.54 Å². The summed E-state index contributed by atoms with van der Waals surface area (Å²) in [6.45, 7) is 1.41. The van der Waals surface area contributed by atoms with Gasteiger partial charge >= 0.3 is 0 Å². The average molecular weight is 432 g/mol. The molecule has 4 aromatic rings. The molecule has 0 aliphatic rings. The Morgan fingerprint density at radius 1 is 1.00 bits per heavy atom. The summed E-state index contributed by atoms with van der Waals surface area (Å²) >= 11 is 7.48. The normalized spacial score (nSPS) is 11.1. The van der Waals surface area contributed by atoms with Crippen molar-refractivity contribution in [3.8, 4) is 6.07 Å². The lowest BCUT2D eigenvalue weighted by Crippen LogP contribution is -2.23. The minimum atomic E-state index is 0.468. The van der Waals surface area contributed by atoms with E-state index in [1.807, 2.05) is 60.7 Å². The number of halogens is 1. The van der Waals surface area contributed by atoms with Crippen LogP contribution in [0, 0.1) is 11.3 Å². The van der Waals surface area contributed by atoms with Crippen LogP contribution >= 0.6 is 22.9 Å². The first-order chi connectivity index (χ1) is 14.7. The molecule has 30 heavy (non-hydrogen) atoms. The van der Waals surface area contributed by atoms with Crippen molar-refractivity contribution < 1.29 is 0 Å². The molecule has 0 saturated heterocycles. The Labute approximate surface area is 183 Å². The van der Waals surface area contributed by atoms with E-state index >= 15 is 0 Å². The molecule has 1 aromatic heterocycles. The van der Waals surface area contributed by atoms with Crippen LogP contribution in [0.4, 0.5) is 16.5 Å². The van der Waals surface area contributed by atoms with Crippen LogP contribution in [0.2, 0.25) is 5.02 Å². The standard InChI is InChI=1S/C23H18ClN5S/c24-18-7-12-21-22(15-18)30-23(26-21)28-27-19-8-10-20(11-9-19)29(14-4-13-25)16-17-5-2-1-3-6-17/h1-3,5-12,15H,4,14,16H2. The zero-order valence-electron chi connectivity index (χ0n) is 16.1. The van der Waals surface area contributed by atoms with Crippen LogP contribution in [-0.4, -0.2) is 11.5 Å². The van der Waals surface area contributed by atoms with E-state index in [0.29, 0.717) is 23.1 Å². The molecule has 0 amide bonds. The number of aromatic nitrogens is 1. The van der Waals surface area contributed by atoms with Gasteiger partial charge in [0.05, 0.1) is 28.4 Å². The molecular weight excluding hydrogens is 414 g/mol. The number of anilines is 1. The molecule has 0 N–H and O–H groups in total. The number of benzene rings is 3. The van der Waals surface area contributed by atoms with Crippen LogP contribution < -0.4 is 4.90 Å². The zero-order valence-corrected chi connectivity index (χ0v) is 17.6. The lowest BCUT2D eigenvalue weighted by atomic mass is 10.2. The van der Waals surface area contributed by atoms with Crippen molar-refractivity contribution in [2.24, 2.45) is 10.2 Å². The van der Waals surface area contributed by atoms with Crippen LogP contribution in [0.15, 0.2) is 83.0 Å². The summed E-state index contributed by atoms with van der Waals surface area (Å²) in [7, 11) is 0. The molecule has 4 rings (SSSR count). The molecule has 0 aliphatic heterocycles. The first kappa shape index (κ1) is 20.0. The fourth-order valence-electron chi connectivity index (χ4n) is 3.05. The highest BCUT2D eigenvalue weighted by Crippen LogP contribution is 2.31. The van der Waals surface area contributed by atoms with Gasteiger partial charge < -0.3 is 4.90 Å². The van der Waals surface area contributed by atoms with Crippen molar-refractivity contribution >= 4 is 49.7 Å². The first-order valence-corrected chi connectivity index (χ1v) is 10.6. The van der Waals surface area contributed by atoms with E-state index in [1.54, 1.807) is 0 Å². The number of fused-ring (bicyclic) bond motifs is 1. The highest BCUT2D eigenvalue weighted by atomic mass is 35.5. The van der Waals surface area contributed by atoms with Gasteiger partial charge in [0.1, 0.15) is 0 Å². The van der Waals surface area contributed by atoms with Gasteiger partial charge in [0.2, 0.25) is 5.13 Å². The van der Waals surface area contributed by atoms with Gasteiger partial charge in [-0.25, -0.2) is 4.98 Å². The first-order valence-electron chi connectivity index (χ1n) is 9.45. The number of nitrogens with zero attached hydrogens (tertiary/aromatic N) is 5. The molecule has 5 nitrogen and oxygen atoms in total. The predicted octanol–water partition coefficient (Wildman–Crippen LogP) is 7.29. The topological polar surface area (TPSA) is 64.6 Å². The van der Waals surface area contributed by atoms with Crippen molar-refractivity contribution in [2.75, 3.05) is 11.4 Å².